The van der Waals surface area contributed by atoms with Crippen molar-refractivity contribution in [3.63, 3.8) is 0 Å². The Morgan fingerprint density at radius 2 is 1.64 bits per heavy atom. The average molecular weight is 357 g/mol. The normalized spacial score (nSPS) is 17.8. The van der Waals surface area contributed by atoms with Crippen LogP contribution in [0.3, 0.4) is 0 Å². The van der Waals surface area contributed by atoms with Crippen LogP contribution in [-0.4, -0.2) is 36.0 Å². The van der Waals surface area contributed by atoms with Crippen LogP contribution in [0.1, 0.15) is 66.2 Å². The number of carbonyl (C=O) groups excluding carboxylic acids is 2. The zero-order valence-electron chi connectivity index (χ0n) is 15.7. The minimum atomic E-state index is -0.961. The summed E-state index contributed by atoms with van der Waals surface area (Å²) in [5, 5.41) is 11.8. The second-order valence-electron chi connectivity index (χ2n) is 7.59. The molecule has 0 saturated heterocycles. The predicted molar refractivity (Wildman–Crippen MR) is 91.8 cm³/mol. The molecule has 144 valence electrons. The lowest BCUT2D eigenvalue weighted by Crippen LogP contribution is -2.42. The average Bonchev–Trinajstić information content (AvgIpc) is 2.52. The van der Waals surface area contributed by atoms with Gasteiger partial charge in [-0.15, -0.1) is 0 Å². The Labute approximate surface area is 149 Å². The lowest BCUT2D eigenvalue weighted by Gasteiger charge is -2.36. The minimum Gasteiger partial charge on any atom is -0.481 e. The van der Waals surface area contributed by atoms with Crippen LogP contribution in [0.25, 0.3) is 0 Å². The van der Waals surface area contributed by atoms with E-state index in [1.54, 1.807) is 27.7 Å². The molecule has 0 heterocycles. The molecule has 7 heteroatoms. The van der Waals surface area contributed by atoms with Crippen LogP contribution in [0.2, 0.25) is 0 Å². The molecule has 0 bridgehead atoms. The van der Waals surface area contributed by atoms with Crippen LogP contribution in [-0.2, 0) is 19.1 Å². The van der Waals surface area contributed by atoms with Crippen LogP contribution in [0.5, 0.6) is 0 Å². The number of ether oxygens (including phenoxy) is 2. The molecule has 0 unspecified atom stereocenters. The summed E-state index contributed by atoms with van der Waals surface area (Å²) in [4.78, 5) is 35.0. The molecule has 1 aliphatic rings. The van der Waals surface area contributed by atoms with Gasteiger partial charge in [-0.1, -0.05) is 47.0 Å². The van der Waals surface area contributed by atoms with Gasteiger partial charge in [0.1, 0.15) is 0 Å². The van der Waals surface area contributed by atoms with Gasteiger partial charge in [-0.3, -0.25) is 9.59 Å². The Hall–Kier alpha value is -1.79. The maximum absolute atomic E-state index is 12.1. The second-order valence-corrected chi connectivity index (χ2v) is 7.59. The highest BCUT2D eigenvalue weighted by molar-refractivity contribution is 5.72. The third kappa shape index (κ3) is 7.32. The number of hydrogen-bond donors (Lipinski definition) is 2. The number of hydrogen-bond acceptors (Lipinski definition) is 5. The van der Waals surface area contributed by atoms with Crippen molar-refractivity contribution < 1.29 is 29.0 Å². The van der Waals surface area contributed by atoms with E-state index >= 15 is 0 Å². The molecule has 1 amide bonds. The van der Waals surface area contributed by atoms with Crippen LogP contribution < -0.4 is 5.32 Å². The van der Waals surface area contributed by atoms with E-state index in [9.17, 15) is 14.4 Å². The Morgan fingerprint density at radius 3 is 2.12 bits per heavy atom. The number of rotatable bonds is 8. The summed E-state index contributed by atoms with van der Waals surface area (Å²) in [6, 6.07) is 0. The third-order valence-corrected chi connectivity index (χ3v) is 4.52. The van der Waals surface area contributed by atoms with Crippen molar-refractivity contribution in [2.75, 3.05) is 6.54 Å². The molecular formula is C18H31NO6. The standard InChI is InChI=1S/C18H31NO6/c1-12(2)15(22)24-16(13(3)4)25-17(23)19-11-18(10-14(20)21)8-6-5-7-9-18/h12-13,16H,5-11H2,1-4H3,(H,19,23)(H,20,21)/t16-/m0/s1. The number of alkyl carbamates (subject to hydrolysis) is 1. The summed E-state index contributed by atoms with van der Waals surface area (Å²) in [5.41, 5.74) is -0.426. The van der Waals surface area contributed by atoms with Gasteiger partial charge in [-0.05, 0) is 18.3 Å². The summed E-state index contributed by atoms with van der Waals surface area (Å²) in [6.07, 6.45) is 2.94. The van der Waals surface area contributed by atoms with E-state index in [4.69, 9.17) is 14.6 Å². The Kier molecular flexibility index (Phi) is 8.19. The lowest BCUT2D eigenvalue weighted by atomic mass is 9.72. The van der Waals surface area contributed by atoms with E-state index in [0.717, 1.165) is 32.1 Å². The van der Waals surface area contributed by atoms with Crippen molar-refractivity contribution in [3.8, 4) is 0 Å². The van der Waals surface area contributed by atoms with Gasteiger partial charge in [-0.25, -0.2) is 4.79 Å². The van der Waals surface area contributed by atoms with Crippen molar-refractivity contribution in [1.82, 2.24) is 5.32 Å². The SMILES string of the molecule is CC(C)C(=O)O[C@@H](OC(=O)NCC1(CC(=O)O)CCCCC1)C(C)C. The predicted octanol–water partition coefficient (Wildman–Crippen LogP) is 3.32. The fraction of sp³-hybridized carbons (Fsp3) is 0.833. The van der Waals surface area contributed by atoms with Crippen LogP contribution in [0.4, 0.5) is 4.79 Å². The molecule has 0 aromatic heterocycles. The first kappa shape index (κ1) is 21.3. The topological polar surface area (TPSA) is 102 Å². The van der Waals surface area contributed by atoms with Gasteiger partial charge < -0.3 is 19.9 Å². The molecule has 0 aromatic carbocycles. The number of carboxylic acids is 1. The van der Waals surface area contributed by atoms with Gasteiger partial charge in [0.05, 0.1) is 12.3 Å². The maximum Gasteiger partial charge on any atom is 0.410 e. The smallest absolute Gasteiger partial charge is 0.410 e. The number of esters is 1. The first-order chi connectivity index (χ1) is 11.6. The molecule has 1 aliphatic carbocycles. The van der Waals surface area contributed by atoms with Gasteiger partial charge in [0.15, 0.2) is 0 Å². The van der Waals surface area contributed by atoms with Crippen molar-refractivity contribution >= 4 is 18.0 Å². The van der Waals surface area contributed by atoms with E-state index in [1.165, 1.54) is 0 Å². The van der Waals surface area contributed by atoms with Crippen molar-refractivity contribution in [3.05, 3.63) is 0 Å². The highest BCUT2D eigenvalue weighted by atomic mass is 16.7. The fourth-order valence-corrected chi connectivity index (χ4v) is 2.99. The van der Waals surface area contributed by atoms with Gasteiger partial charge in [0.2, 0.25) is 0 Å². The number of carboxylic acid groups (broad SMARTS) is 1. The van der Waals surface area contributed by atoms with Gasteiger partial charge in [0, 0.05) is 12.5 Å². The number of amides is 1. The largest absolute Gasteiger partial charge is 0.481 e. The molecule has 0 aliphatic heterocycles. The van der Waals surface area contributed by atoms with Crippen molar-refractivity contribution in [2.45, 2.75) is 72.5 Å². The van der Waals surface area contributed by atoms with E-state index in [2.05, 4.69) is 5.32 Å². The zero-order chi connectivity index (χ0) is 19.0. The molecular weight excluding hydrogens is 326 g/mol. The number of aliphatic carboxylic acids is 1. The summed E-state index contributed by atoms with van der Waals surface area (Å²) in [5.74, 6) is -1.78. The van der Waals surface area contributed by atoms with Gasteiger partial charge in [0.25, 0.3) is 6.29 Å². The lowest BCUT2D eigenvalue weighted by molar-refractivity contribution is -0.178. The molecule has 0 spiro atoms. The first-order valence-electron chi connectivity index (χ1n) is 9.02. The Morgan fingerprint density at radius 1 is 1.04 bits per heavy atom. The molecule has 2 N–H and O–H groups in total. The third-order valence-electron chi connectivity index (χ3n) is 4.52. The van der Waals surface area contributed by atoms with Gasteiger partial charge >= 0.3 is 18.0 Å². The maximum atomic E-state index is 12.1. The highest BCUT2D eigenvalue weighted by Crippen LogP contribution is 2.38. The Bertz CT molecular complexity index is 468. The van der Waals surface area contributed by atoms with E-state index in [0.29, 0.717) is 0 Å². The zero-order valence-corrected chi connectivity index (χ0v) is 15.7. The van der Waals surface area contributed by atoms with Crippen molar-refractivity contribution in [2.24, 2.45) is 17.3 Å². The number of carbonyl (C=O) groups is 3. The van der Waals surface area contributed by atoms with E-state index < -0.39 is 29.7 Å². The van der Waals surface area contributed by atoms with E-state index in [1.807, 2.05) is 0 Å². The van der Waals surface area contributed by atoms with E-state index in [-0.39, 0.29) is 24.8 Å². The Balaban J connectivity index is 2.60. The fourth-order valence-electron chi connectivity index (χ4n) is 2.99. The summed E-state index contributed by atoms with van der Waals surface area (Å²) >= 11 is 0. The minimum absolute atomic E-state index is 0.0310. The van der Waals surface area contributed by atoms with Crippen molar-refractivity contribution in [1.29, 1.82) is 0 Å². The molecule has 0 aromatic rings. The first-order valence-corrected chi connectivity index (χ1v) is 9.02. The molecule has 0 radical (unpaired) electrons. The summed E-state index contributed by atoms with van der Waals surface area (Å²) in [7, 11) is 0. The second kappa shape index (κ2) is 9.63. The van der Waals surface area contributed by atoms with Crippen LogP contribution in [0.15, 0.2) is 0 Å². The molecule has 25 heavy (non-hydrogen) atoms. The molecule has 7 nitrogen and oxygen atoms in total. The quantitative estimate of drug-likeness (QED) is 0.510. The molecule has 1 atom stereocenters. The molecule has 1 saturated carbocycles. The molecule has 1 rings (SSSR count). The van der Waals surface area contributed by atoms with Crippen LogP contribution >= 0.6 is 0 Å². The molecule has 1 fully saturated rings. The number of nitrogens with one attached hydrogen (secondary N) is 1. The van der Waals surface area contributed by atoms with Crippen LogP contribution in [0, 0.1) is 17.3 Å². The van der Waals surface area contributed by atoms with Gasteiger partial charge in [-0.2, -0.15) is 0 Å². The summed E-state index contributed by atoms with van der Waals surface area (Å²) < 4.78 is 10.4. The highest BCUT2D eigenvalue weighted by Gasteiger charge is 2.35. The monoisotopic (exact) mass is 357 g/mol. The summed E-state index contributed by atoms with van der Waals surface area (Å²) in [6.45, 7) is 7.25.